The van der Waals surface area contributed by atoms with Gasteiger partial charge in [0.15, 0.2) is 0 Å². The summed E-state index contributed by atoms with van der Waals surface area (Å²) >= 11 is 0. The van der Waals surface area contributed by atoms with E-state index in [1.165, 1.54) is 5.69 Å². The molecule has 1 aromatic rings. The van der Waals surface area contributed by atoms with E-state index in [-0.39, 0.29) is 0 Å². The lowest BCUT2D eigenvalue weighted by molar-refractivity contribution is 0.108. The van der Waals surface area contributed by atoms with Crippen molar-refractivity contribution in [2.24, 2.45) is 0 Å². The average molecular weight is 109 g/mol. The van der Waals surface area contributed by atoms with Gasteiger partial charge in [0.1, 0.15) is 6.73 Å². The molecule has 2 nitrogen and oxygen atoms in total. The van der Waals surface area contributed by atoms with Crippen molar-refractivity contribution in [2.75, 3.05) is 0 Å². The van der Waals surface area contributed by atoms with Crippen LogP contribution >= 0.6 is 0 Å². The quantitative estimate of drug-likeness (QED) is 0.484. The fourth-order valence-electron chi connectivity index (χ4n) is 0.955. The second-order valence-corrected chi connectivity index (χ2v) is 1.95. The van der Waals surface area contributed by atoms with Gasteiger partial charge in [0, 0.05) is 11.9 Å². The zero-order valence-electron chi connectivity index (χ0n) is 4.50. The molecule has 1 aromatic heterocycles. The highest BCUT2D eigenvalue weighted by Gasteiger charge is 2.06. The number of nitrogens with zero attached hydrogens (tertiary/aromatic N) is 1. The van der Waals surface area contributed by atoms with E-state index in [0.29, 0.717) is 0 Å². The Morgan fingerprint density at radius 2 is 2.62 bits per heavy atom. The van der Waals surface area contributed by atoms with Crippen molar-refractivity contribution in [2.45, 2.75) is 13.3 Å². The molecule has 2 rings (SSSR count). The van der Waals surface area contributed by atoms with E-state index in [1.54, 1.807) is 0 Å². The van der Waals surface area contributed by atoms with Gasteiger partial charge in [-0.3, -0.25) is 0 Å². The molecule has 0 amide bonds. The van der Waals surface area contributed by atoms with Crippen molar-refractivity contribution >= 4 is 0 Å². The van der Waals surface area contributed by atoms with Crippen molar-refractivity contribution in [3.8, 4) is 0 Å². The molecule has 8 heavy (non-hydrogen) atoms. The van der Waals surface area contributed by atoms with Crippen LogP contribution in [-0.4, -0.2) is 4.57 Å². The van der Waals surface area contributed by atoms with Crippen LogP contribution in [0.5, 0.6) is 0 Å². The Morgan fingerprint density at radius 3 is 3.50 bits per heavy atom. The molecule has 1 aliphatic rings. The second-order valence-electron chi connectivity index (χ2n) is 1.95. The average Bonchev–Trinajstić information content (AvgIpc) is 2.15. The summed E-state index contributed by atoms with van der Waals surface area (Å²) in [6.45, 7) is 1.52. The smallest absolute Gasteiger partial charge is 0.123 e. The number of hydrogen-bond acceptors (Lipinski definition) is 1. The van der Waals surface area contributed by atoms with Crippen LogP contribution < -0.4 is 0 Å². The minimum atomic E-state index is 0.738. The minimum absolute atomic E-state index is 0.738. The van der Waals surface area contributed by atoms with E-state index in [9.17, 15) is 0 Å². The first-order valence-corrected chi connectivity index (χ1v) is 2.68. The van der Waals surface area contributed by atoms with Gasteiger partial charge >= 0.3 is 0 Å². The summed E-state index contributed by atoms with van der Waals surface area (Å²) in [5.41, 5.74) is 1.28. The Balaban J connectivity index is 2.54. The Bertz CT molecular complexity index is 174. The Hall–Kier alpha value is -0.760. The lowest BCUT2D eigenvalue weighted by atomic mass is 10.5. The molecule has 0 spiro atoms. The summed E-state index contributed by atoms with van der Waals surface area (Å²) < 4.78 is 7.22. The van der Waals surface area contributed by atoms with Gasteiger partial charge in [-0.05, 0) is 12.1 Å². The van der Waals surface area contributed by atoms with Gasteiger partial charge in [0.25, 0.3) is 0 Å². The summed E-state index contributed by atoms with van der Waals surface area (Å²) in [6, 6.07) is 4.12. The Kier molecular flexibility index (Phi) is 0.704. The molecule has 0 saturated carbocycles. The van der Waals surface area contributed by atoms with Crippen molar-refractivity contribution in [3.63, 3.8) is 0 Å². The molecule has 2 heterocycles. The third kappa shape index (κ3) is 0.406. The Labute approximate surface area is 47.7 Å². The summed E-state index contributed by atoms with van der Waals surface area (Å²) in [5, 5.41) is 0. The number of ether oxygens (including phenoxy) is 1. The molecule has 0 aliphatic carbocycles. The number of fused-ring (bicyclic) bond motifs is 1. The molecule has 2 heteroatoms. The van der Waals surface area contributed by atoms with Crippen LogP contribution in [-0.2, 0) is 18.1 Å². The van der Waals surface area contributed by atoms with Crippen LogP contribution in [0.4, 0.5) is 0 Å². The summed E-state index contributed by atoms with van der Waals surface area (Å²) in [4.78, 5) is 0. The highest BCUT2D eigenvalue weighted by atomic mass is 16.5. The molecule has 0 radical (unpaired) electrons. The lowest BCUT2D eigenvalue weighted by Crippen LogP contribution is -1.87. The van der Waals surface area contributed by atoms with Gasteiger partial charge in [-0.1, -0.05) is 0 Å². The molecule has 0 unspecified atom stereocenters. The predicted molar refractivity (Wildman–Crippen MR) is 29.2 cm³/mol. The van der Waals surface area contributed by atoms with E-state index >= 15 is 0 Å². The lowest BCUT2D eigenvalue weighted by Gasteiger charge is -1.88. The zero-order valence-corrected chi connectivity index (χ0v) is 4.50. The zero-order chi connectivity index (χ0) is 5.40. The first-order chi connectivity index (χ1) is 3.97. The number of aromatic nitrogens is 1. The summed E-state index contributed by atoms with van der Waals surface area (Å²) in [6.07, 6.45) is 2.03. The fraction of sp³-hybridized carbons (Fsp3) is 0.333. The molecular weight excluding hydrogens is 102 g/mol. The maximum Gasteiger partial charge on any atom is 0.123 e. The van der Waals surface area contributed by atoms with E-state index in [1.807, 2.05) is 12.3 Å². The van der Waals surface area contributed by atoms with E-state index in [2.05, 4.69) is 10.6 Å². The van der Waals surface area contributed by atoms with Crippen LogP contribution in [0.3, 0.4) is 0 Å². The molecule has 0 N–H and O–H groups in total. The topological polar surface area (TPSA) is 14.2 Å². The SMILES string of the molecule is c1cc2n(c1)COC2. The molecule has 42 valence electrons. The predicted octanol–water partition coefficient (Wildman–Crippen LogP) is 0.976. The van der Waals surface area contributed by atoms with E-state index < -0.39 is 0 Å². The van der Waals surface area contributed by atoms with Crippen LogP contribution in [0.25, 0.3) is 0 Å². The molecule has 0 fully saturated rings. The molecule has 1 aliphatic heterocycles. The monoisotopic (exact) mass is 109 g/mol. The maximum absolute atomic E-state index is 5.12. The Morgan fingerprint density at radius 1 is 1.62 bits per heavy atom. The third-order valence-electron chi connectivity index (χ3n) is 1.40. The molecule has 0 aromatic carbocycles. The molecular formula is C6H7NO. The summed E-state index contributed by atoms with van der Waals surface area (Å²) in [7, 11) is 0. The van der Waals surface area contributed by atoms with Crippen LogP contribution in [0.2, 0.25) is 0 Å². The number of rotatable bonds is 0. The van der Waals surface area contributed by atoms with Crippen molar-refractivity contribution in [1.82, 2.24) is 4.57 Å². The summed E-state index contributed by atoms with van der Waals surface area (Å²) in [5.74, 6) is 0. The van der Waals surface area contributed by atoms with E-state index in [0.717, 1.165) is 13.3 Å². The first-order valence-electron chi connectivity index (χ1n) is 2.68. The van der Waals surface area contributed by atoms with Gasteiger partial charge in [-0.25, -0.2) is 0 Å². The highest BCUT2D eigenvalue weighted by Crippen LogP contribution is 2.10. The standard InChI is InChI=1S/C6H7NO/c1-2-6-4-8-5-7(6)3-1/h1-3H,4-5H2. The fourth-order valence-corrected chi connectivity index (χ4v) is 0.955. The second kappa shape index (κ2) is 1.36. The van der Waals surface area contributed by atoms with Gasteiger partial charge in [0.05, 0.1) is 6.61 Å². The normalized spacial score (nSPS) is 16.5. The molecule has 0 bridgehead atoms. The first kappa shape index (κ1) is 4.15. The van der Waals surface area contributed by atoms with Gasteiger partial charge in [0.2, 0.25) is 0 Å². The van der Waals surface area contributed by atoms with E-state index in [4.69, 9.17) is 4.74 Å². The van der Waals surface area contributed by atoms with Crippen molar-refractivity contribution in [3.05, 3.63) is 24.0 Å². The van der Waals surface area contributed by atoms with Crippen LogP contribution in [0.1, 0.15) is 5.69 Å². The van der Waals surface area contributed by atoms with Crippen LogP contribution in [0, 0.1) is 0 Å². The maximum atomic E-state index is 5.12. The van der Waals surface area contributed by atoms with Gasteiger partial charge in [-0.2, -0.15) is 0 Å². The molecule has 0 atom stereocenters. The van der Waals surface area contributed by atoms with Gasteiger partial charge in [-0.15, -0.1) is 0 Å². The highest BCUT2D eigenvalue weighted by molar-refractivity contribution is 5.06. The third-order valence-corrected chi connectivity index (χ3v) is 1.40. The van der Waals surface area contributed by atoms with Gasteiger partial charge < -0.3 is 9.30 Å². The largest absolute Gasteiger partial charge is 0.355 e. The number of hydrogen-bond donors (Lipinski definition) is 0. The van der Waals surface area contributed by atoms with Crippen molar-refractivity contribution < 1.29 is 4.74 Å². The molecule has 0 saturated heterocycles. The van der Waals surface area contributed by atoms with Crippen LogP contribution in [0.15, 0.2) is 18.3 Å². The minimum Gasteiger partial charge on any atom is -0.355 e. The van der Waals surface area contributed by atoms with Crippen molar-refractivity contribution in [1.29, 1.82) is 0 Å².